The second-order valence-corrected chi connectivity index (χ2v) is 8.99. The van der Waals surface area contributed by atoms with E-state index in [1.165, 1.54) is 4.90 Å². The first-order valence-electron chi connectivity index (χ1n) is 11.6. The smallest absolute Gasteiger partial charge is 0.325 e. The van der Waals surface area contributed by atoms with Gasteiger partial charge in [-0.25, -0.2) is 9.78 Å². The van der Waals surface area contributed by atoms with Gasteiger partial charge in [-0.2, -0.15) is 0 Å². The first-order valence-corrected chi connectivity index (χ1v) is 12.0. The molecule has 0 spiro atoms. The number of carbonyl (C=O) groups is 3. The number of likely N-dealkylation sites (N-methyl/N-ethyl adjacent to an activating group) is 1. The lowest BCUT2D eigenvalue weighted by atomic mass is 9.81. The van der Waals surface area contributed by atoms with Gasteiger partial charge in [0, 0.05) is 36.3 Å². The Morgan fingerprint density at radius 1 is 1.17 bits per heavy atom. The zero-order valence-electron chi connectivity index (χ0n) is 20.0. The van der Waals surface area contributed by atoms with E-state index in [0.717, 1.165) is 16.0 Å². The molecule has 0 aliphatic carbocycles. The van der Waals surface area contributed by atoms with Crippen molar-refractivity contribution in [3.8, 4) is 0 Å². The largest absolute Gasteiger partial charge is 0.384 e. The first kappa shape index (κ1) is 25.1. The predicted octanol–water partition coefficient (Wildman–Crippen LogP) is 3.61. The van der Waals surface area contributed by atoms with Gasteiger partial charge >= 0.3 is 6.03 Å². The maximum Gasteiger partial charge on any atom is 0.325 e. The van der Waals surface area contributed by atoms with E-state index in [9.17, 15) is 14.4 Å². The molecule has 1 aromatic carbocycles. The second-order valence-electron chi connectivity index (χ2n) is 8.59. The van der Waals surface area contributed by atoms with E-state index in [2.05, 4.69) is 15.3 Å². The number of nitrogen functional groups attached to an aromatic ring is 1. The van der Waals surface area contributed by atoms with Crippen LogP contribution in [0.3, 0.4) is 0 Å². The van der Waals surface area contributed by atoms with Gasteiger partial charge in [-0.15, -0.1) is 0 Å². The summed E-state index contributed by atoms with van der Waals surface area (Å²) in [6.07, 6.45) is 5.49. The lowest BCUT2D eigenvalue weighted by molar-refractivity contribution is -0.156. The fourth-order valence-corrected chi connectivity index (χ4v) is 4.67. The molecular weight excluding hydrogens is 480 g/mol. The normalized spacial score (nSPS) is 17.8. The summed E-state index contributed by atoms with van der Waals surface area (Å²) in [6.45, 7) is 1.91. The molecule has 3 aromatic rings. The van der Waals surface area contributed by atoms with Crippen LogP contribution in [0.4, 0.5) is 16.3 Å². The molecule has 10 heteroatoms. The minimum absolute atomic E-state index is 0.248. The van der Waals surface area contributed by atoms with E-state index in [1.54, 1.807) is 62.0 Å². The highest BCUT2D eigenvalue weighted by Gasteiger charge is 2.55. The molecule has 0 radical (unpaired) electrons. The van der Waals surface area contributed by atoms with Crippen LogP contribution in [0.2, 0.25) is 5.02 Å². The number of nitrogens with one attached hydrogen (secondary N) is 1. The second kappa shape index (κ2) is 10.7. The summed E-state index contributed by atoms with van der Waals surface area (Å²) in [5.41, 5.74) is 7.90. The summed E-state index contributed by atoms with van der Waals surface area (Å²) in [6, 6.07) is 11.9. The van der Waals surface area contributed by atoms with E-state index in [1.807, 2.05) is 19.1 Å². The van der Waals surface area contributed by atoms with Crippen molar-refractivity contribution in [1.29, 1.82) is 0 Å². The predicted molar refractivity (Wildman–Crippen MR) is 137 cm³/mol. The molecule has 3 N–H and O–H groups in total. The third kappa shape index (κ3) is 5.01. The number of aromatic nitrogens is 2. The number of halogens is 1. The van der Waals surface area contributed by atoms with Crippen LogP contribution in [0.1, 0.15) is 30.5 Å². The van der Waals surface area contributed by atoms with Crippen molar-refractivity contribution < 1.29 is 14.4 Å². The molecule has 1 aliphatic heterocycles. The molecule has 0 saturated carbocycles. The highest BCUT2D eigenvalue weighted by molar-refractivity contribution is 6.31. The van der Waals surface area contributed by atoms with Gasteiger partial charge in [0.2, 0.25) is 5.91 Å². The fraction of sp³-hybridized carbons (Fsp3) is 0.269. The topological polar surface area (TPSA) is 122 Å². The van der Waals surface area contributed by atoms with Gasteiger partial charge in [0.1, 0.15) is 11.9 Å². The molecule has 4 rings (SSSR count). The number of anilines is 2. The van der Waals surface area contributed by atoms with Crippen molar-refractivity contribution in [1.82, 2.24) is 20.2 Å². The minimum atomic E-state index is -0.992. The molecule has 9 nitrogen and oxygen atoms in total. The van der Waals surface area contributed by atoms with Crippen molar-refractivity contribution in [3.63, 3.8) is 0 Å². The third-order valence-electron chi connectivity index (χ3n) is 6.35. The van der Waals surface area contributed by atoms with Gasteiger partial charge in [-0.1, -0.05) is 36.7 Å². The summed E-state index contributed by atoms with van der Waals surface area (Å²) in [7, 11) is 1.61. The number of rotatable bonds is 7. The Morgan fingerprint density at radius 2 is 1.89 bits per heavy atom. The molecule has 186 valence electrons. The fourth-order valence-electron chi connectivity index (χ4n) is 4.40. The quantitative estimate of drug-likeness (QED) is 0.472. The average Bonchev–Trinajstić information content (AvgIpc) is 2.89. The number of β-lactam (4-membered cyclic amide) rings is 1. The van der Waals surface area contributed by atoms with Gasteiger partial charge in [0.15, 0.2) is 0 Å². The van der Waals surface area contributed by atoms with Crippen LogP contribution in [0, 0.1) is 5.92 Å². The van der Waals surface area contributed by atoms with Gasteiger partial charge in [0.25, 0.3) is 5.91 Å². The molecule has 4 amide bonds. The number of pyridine rings is 2. The van der Waals surface area contributed by atoms with Crippen LogP contribution in [0.25, 0.3) is 0 Å². The van der Waals surface area contributed by atoms with Gasteiger partial charge in [-0.05, 0) is 54.3 Å². The van der Waals surface area contributed by atoms with Crippen LogP contribution in [0.5, 0.6) is 0 Å². The molecule has 1 aliphatic rings. The van der Waals surface area contributed by atoms with Crippen LogP contribution >= 0.6 is 11.6 Å². The van der Waals surface area contributed by atoms with Crippen molar-refractivity contribution in [2.75, 3.05) is 17.7 Å². The zero-order chi connectivity index (χ0) is 25.8. The maximum atomic E-state index is 13.6. The summed E-state index contributed by atoms with van der Waals surface area (Å²) in [5, 5.41) is 3.40. The molecule has 36 heavy (non-hydrogen) atoms. The number of urea groups is 1. The first-order chi connectivity index (χ1) is 17.3. The van der Waals surface area contributed by atoms with Crippen LogP contribution in [0.15, 0.2) is 67.1 Å². The molecule has 3 atom stereocenters. The summed E-state index contributed by atoms with van der Waals surface area (Å²) >= 11 is 6.34. The Kier molecular flexibility index (Phi) is 7.49. The van der Waals surface area contributed by atoms with Crippen LogP contribution < -0.4 is 16.0 Å². The number of nitrogens with zero attached hydrogens (tertiary/aromatic N) is 4. The molecule has 0 unspecified atom stereocenters. The number of hydrogen-bond donors (Lipinski definition) is 2. The standard InChI is InChI=1S/C26H27ClN6O3/c1-3-21(18-6-4-5-7-20(18)27)31-26(36)33-23(25(35)32(2)17-9-11-29-12-10-17)19(24(33)34)14-16-8-13-30-22(28)15-16/h4-13,15,19,21,23H,3,14H2,1-2H3,(H2,28,30)(H,31,36)/t19-,21-,23+/m1/s1. The van der Waals surface area contributed by atoms with Crippen molar-refractivity contribution >= 4 is 41.0 Å². The average molecular weight is 507 g/mol. The van der Waals surface area contributed by atoms with E-state index >= 15 is 0 Å². The molecule has 1 saturated heterocycles. The Labute approximate surface area is 214 Å². The maximum absolute atomic E-state index is 13.6. The summed E-state index contributed by atoms with van der Waals surface area (Å²) in [5.74, 6) is -1.22. The van der Waals surface area contributed by atoms with Gasteiger partial charge < -0.3 is 16.0 Å². The zero-order valence-corrected chi connectivity index (χ0v) is 20.7. The molecule has 1 fully saturated rings. The van der Waals surface area contributed by atoms with Gasteiger partial charge in [-0.3, -0.25) is 19.5 Å². The molecule has 2 aromatic heterocycles. The lowest BCUT2D eigenvalue weighted by Crippen LogP contribution is -2.70. The number of imide groups is 1. The van der Waals surface area contributed by atoms with Crippen molar-refractivity contribution in [3.05, 3.63) is 83.3 Å². The summed E-state index contributed by atoms with van der Waals surface area (Å²) in [4.78, 5) is 50.6. The van der Waals surface area contributed by atoms with Gasteiger partial charge in [0.05, 0.1) is 12.0 Å². The molecular formula is C26H27ClN6O3. The van der Waals surface area contributed by atoms with Crippen molar-refractivity contribution in [2.24, 2.45) is 5.92 Å². The number of carbonyl (C=O) groups excluding carboxylic acids is 3. The summed E-state index contributed by atoms with van der Waals surface area (Å²) < 4.78 is 0. The Balaban J connectivity index is 1.61. The number of amides is 4. The SMILES string of the molecule is CC[C@@H](NC(=O)N1C(=O)[C@H](Cc2ccnc(N)c2)[C@H]1C(=O)N(C)c1ccncc1)c1ccccc1Cl. The highest BCUT2D eigenvalue weighted by Crippen LogP contribution is 2.34. The van der Waals surface area contributed by atoms with E-state index in [-0.39, 0.29) is 12.3 Å². The monoisotopic (exact) mass is 506 g/mol. The number of likely N-dealkylation sites (tertiary alicyclic amines) is 1. The third-order valence-corrected chi connectivity index (χ3v) is 6.70. The van der Waals surface area contributed by atoms with E-state index in [4.69, 9.17) is 17.3 Å². The van der Waals surface area contributed by atoms with Crippen LogP contribution in [-0.4, -0.2) is 45.8 Å². The van der Waals surface area contributed by atoms with Crippen molar-refractivity contribution in [2.45, 2.75) is 31.8 Å². The molecule has 3 heterocycles. The highest BCUT2D eigenvalue weighted by atomic mass is 35.5. The Bertz CT molecular complexity index is 1270. The van der Waals surface area contributed by atoms with Crippen LogP contribution in [-0.2, 0) is 16.0 Å². The molecule has 0 bridgehead atoms. The Morgan fingerprint density at radius 3 is 2.56 bits per heavy atom. The van der Waals surface area contributed by atoms with E-state index in [0.29, 0.717) is 22.9 Å². The Hall–Kier alpha value is -3.98. The minimum Gasteiger partial charge on any atom is -0.384 e. The van der Waals surface area contributed by atoms with E-state index < -0.39 is 29.9 Å². The number of nitrogens with two attached hydrogens (primary N) is 1. The lowest BCUT2D eigenvalue weighted by Gasteiger charge is -2.46. The number of benzene rings is 1. The number of hydrogen-bond acceptors (Lipinski definition) is 6.